The molecule has 54 valence electrons. The van der Waals surface area contributed by atoms with E-state index in [1.807, 2.05) is 0 Å². The molecule has 1 heterocycles. The Hall–Kier alpha value is -0.730. The zero-order valence-corrected chi connectivity index (χ0v) is 5.52. The van der Waals surface area contributed by atoms with Crippen molar-refractivity contribution in [2.24, 2.45) is 0 Å². The summed E-state index contributed by atoms with van der Waals surface area (Å²) in [4.78, 5) is 10.4. The summed E-state index contributed by atoms with van der Waals surface area (Å²) in [6, 6.07) is 0. The van der Waals surface area contributed by atoms with Gasteiger partial charge in [-0.1, -0.05) is 13.3 Å². The fourth-order valence-electron chi connectivity index (χ4n) is 0.915. The minimum atomic E-state index is -0.270. The van der Waals surface area contributed by atoms with Crippen LogP contribution >= 0.6 is 0 Å². The third-order valence-electron chi connectivity index (χ3n) is 1.36. The maximum Gasteiger partial charge on any atom is 0.407 e. The number of carbonyl (C=O) groups is 1. The van der Waals surface area contributed by atoms with Gasteiger partial charge in [0.15, 0.2) is 0 Å². The topological polar surface area (TPSA) is 38.3 Å². The molecule has 0 spiro atoms. The van der Waals surface area contributed by atoms with Crippen molar-refractivity contribution in [3.8, 4) is 0 Å². The first-order valence-electron chi connectivity index (χ1n) is 3.27. The van der Waals surface area contributed by atoms with Gasteiger partial charge in [-0.25, -0.2) is 4.79 Å². The average Bonchev–Trinajstić information content (AvgIpc) is 2.17. The highest BCUT2D eigenvalue weighted by Gasteiger charge is 2.20. The largest absolute Gasteiger partial charge is 0.444 e. The van der Waals surface area contributed by atoms with Crippen LogP contribution in [0.5, 0.6) is 0 Å². The first kappa shape index (κ1) is 6.39. The molecule has 1 unspecified atom stereocenters. The Morgan fingerprint density at radius 2 is 2.78 bits per heavy atom. The first-order chi connectivity index (χ1) is 4.33. The molecule has 0 aromatic heterocycles. The Morgan fingerprint density at radius 1 is 2.00 bits per heavy atom. The lowest BCUT2D eigenvalue weighted by Crippen LogP contribution is -2.14. The molecule has 0 saturated carbocycles. The molecule has 1 aliphatic rings. The summed E-state index contributed by atoms with van der Waals surface area (Å²) in [6.45, 7) is 2.76. The third-order valence-corrected chi connectivity index (χ3v) is 1.36. The molecule has 1 N–H and O–H groups in total. The van der Waals surface area contributed by atoms with E-state index in [9.17, 15) is 4.79 Å². The fourth-order valence-corrected chi connectivity index (χ4v) is 0.915. The van der Waals surface area contributed by atoms with E-state index in [-0.39, 0.29) is 13.6 Å². The zero-order valence-electron chi connectivity index (χ0n) is 5.52. The van der Waals surface area contributed by atoms with Gasteiger partial charge in [0.2, 0.25) is 0 Å². The van der Waals surface area contributed by atoms with Crippen LogP contribution in [0.1, 0.15) is 21.2 Å². The van der Waals surface area contributed by atoms with E-state index >= 15 is 0 Å². The van der Waals surface area contributed by atoms with Gasteiger partial charge in [-0.2, -0.15) is 0 Å². The lowest BCUT2D eigenvalue weighted by atomic mass is 10.2. The Morgan fingerprint density at radius 3 is 3.22 bits per heavy atom. The molecule has 0 aromatic rings. The minimum Gasteiger partial charge on any atom is -0.444 e. The van der Waals surface area contributed by atoms with E-state index in [1.165, 1.54) is 0 Å². The van der Waals surface area contributed by atoms with Crippen LogP contribution in [0.25, 0.3) is 0 Å². The molecule has 1 aliphatic heterocycles. The van der Waals surface area contributed by atoms with Crippen molar-refractivity contribution < 1.29 is 11.0 Å². The lowest BCUT2D eigenvalue weighted by Gasteiger charge is -2.02. The van der Waals surface area contributed by atoms with Crippen LogP contribution in [0, 0.1) is 0 Å². The summed E-state index contributed by atoms with van der Waals surface area (Å²) in [5.41, 5.74) is 0. The SMILES string of the molecule is CCCC1CNC(=O)O1.[HH]. The normalized spacial score (nSPS) is 25.4. The number of nitrogens with one attached hydrogen (secondary N) is 1. The van der Waals surface area contributed by atoms with Crippen LogP contribution in [0.3, 0.4) is 0 Å². The highest BCUT2D eigenvalue weighted by molar-refractivity contribution is 5.69. The molecular formula is C6H13NO2. The quantitative estimate of drug-likeness (QED) is 0.610. The second-order valence-electron chi connectivity index (χ2n) is 2.20. The van der Waals surface area contributed by atoms with E-state index in [1.54, 1.807) is 0 Å². The van der Waals surface area contributed by atoms with E-state index in [0.717, 1.165) is 12.8 Å². The van der Waals surface area contributed by atoms with Gasteiger partial charge < -0.3 is 10.1 Å². The maximum absolute atomic E-state index is 10.4. The number of rotatable bonds is 2. The summed E-state index contributed by atoms with van der Waals surface area (Å²) in [7, 11) is 0. The Kier molecular flexibility index (Phi) is 1.92. The molecule has 1 rings (SSSR count). The predicted molar refractivity (Wildman–Crippen MR) is 35.3 cm³/mol. The molecule has 0 aromatic carbocycles. The smallest absolute Gasteiger partial charge is 0.407 e. The Labute approximate surface area is 55.9 Å². The molecule has 3 nitrogen and oxygen atoms in total. The molecule has 1 saturated heterocycles. The van der Waals surface area contributed by atoms with E-state index in [0.29, 0.717) is 6.54 Å². The van der Waals surface area contributed by atoms with Crippen molar-refractivity contribution in [1.82, 2.24) is 5.32 Å². The molecule has 1 fully saturated rings. The molecule has 3 heteroatoms. The van der Waals surface area contributed by atoms with Crippen LogP contribution in [-0.2, 0) is 4.74 Å². The second kappa shape index (κ2) is 2.71. The molecular weight excluding hydrogens is 118 g/mol. The predicted octanol–water partition coefficient (Wildman–Crippen LogP) is 1.14. The highest BCUT2D eigenvalue weighted by atomic mass is 16.6. The van der Waals surface area contributed by atoms with E-state index < -0.39 is 0 Å². The fraction of sp³-hybridized carbons (Fsp3) is 0.833. The van der Waals surface area contributed by atoms with E-state index in [4.69, 9.17) is 4.74 Å². The van der Waals surface area contributed by atoms with Gasteiger partial charge in [0.1, 0.15) is 6.10 Å². The molecule has 9 heavy (non-hydrogen) atoms. The first-order valence-corrected chi connectivity index (χ1v) is 3.27. The summed E-state index contributed by atoms with van der Waals surface area (Å²) in [5.74, 6) is 0. The summed E-state index contributed by atoms with van der Waals surface area (Å²) in [5, 5.41) is 2.59. The van der Waals surface area contributed by atoms with Crippen molar-refractivity contribution in [3.63, 3.8) is 0 Å². The molecule has 0 aliphatic carbocycles. The molecule has 1 atom stereocenters. The van der Waals surface area contributed by atoms with Crippen LogP contribution in [-0.4, -0.2) is 18.7 Å². The monoisotopic (exact) mass is 131 g/mol. The molecule has 0 bridgehead atoms. The van der Waals surface area contributed by atoms with Gasteiger partial charge >= 0.3 is 6.09 Å². The van der Waals surface area contributed by atoms with Gasteiger partial charge in [0.05, 0.1) is 6.54 Å². The number of carbonyl (C=O) groups excluding carboxylic acids is 1. The van der Waals surface area contributed by atoms with E-state index in [2.05, 4.69) is 12.2 Å². The number of ether oxygens (including phenoxy) is 1. The van der Waals surface area contributed by atoms with Gasteiger partial charge in [0.25, 0.3) is 0 Å². The number of hydrogen-bond acceptors (Lipinski definition) is 2. The van der Waals surface area contributed by atoms with Gasteiger partial charge in [-0.05, 0) is 6.42 Å². The van der Waals surface area contributed by atoms with Crippen LogP contribution in [0.4, 0.5) is 4.79 Å². The van der Waals surface area contributed by atoms with Crippen molar-refractivity contribution in [3.05, 3.63) is 0 Å². The summed E-state index contributed by atoms with van der Waals surface area (Å²) in [6.07, 6.45) is 1.90. The lowest BCUT2D eigenvalue weighted by molar-refractivity contribution is 0.135. The van der Waals surface area contributed by atoms with Crippen molar-refractivity contribution in [2.75, 3.05) is 6.54 Å². The Bertz CT molecular complexity index is 118. The minimum absolute atomic E-state index is 0. The number of cyclic esters (lactones) is 1. The van der Waals surface area contributed by atoms with Crippen LogP contribution in [0.15, 0.2) is 0 Å². The van der Waals surface area contributed by atoms with Gasteiger partial charge in [0, 0.05) is 1.43 Å². The molecule has 0 radical (unpaired) electrons. The van der Waals surface area contributed by atoms with Gasteiger partial charge in [-0.15, -0.1) is 0 Å². The molecule has 1 amide bonds. The van der Waals surface area contributed by atoms with Gasteiger partial charge in [-0.3, -0.25) is 0 Å². The highest BCUT2D eigenvalue weighted by Crippen LogP contribution is 2.05. The number of amides is 1. The zero-order chi connectivity index (χ0) is 6.69. The average molecular weight is 131 g/mol. The standard InChI is InChI=1S/C6H11NO2.H2/c1-2-3-5-4-7-6(8)9-5;/h5H,2-4H2,1H3,(H,7,8);1H. The van der Waals surface area contributed by atoms with Crippen molar-refractivity contribution >= 4 is 6.09 Å². The van der Waals surface area contributed by atoms with Crippen LogP contribution in [0.2, 0.25) is 0 Å². The van der Waals surface area contributed by atoms with Crippen molar-refractivity contribution in [1.29, 1.82) is 0 Å². The Balaban J connectivity index is 0.000000810. The van der Waals surface area contributed by atoms with Crippen molar-refractivity contribution in [2.45, 2.75) is 25.9 Å². The third kappa shape index (κ3) is 1.59. The summed E-state index contributed by atoms with van der Waals surface area (Å²) < 4.78 is 4.85. The number of alkyl carbamates (subject to hydrolysis) is 1. The maximum atomic E-state index is 10.4. The second-order valence-corrected chi connectivity index (χ2v) is 2.20. The summed E-state index contributed by atoms with van der Waals surface area (Å²) >= 11 is 0. The number of hydrogen-bond donors (Lipinski definition) is 1. The van der Waals surface area contributed by atoms with Crippen LogP contribution < -0.4 is 5.32 Å².